The van der Waals surface area contributed by atoms with Gasteiger partial charge in [0, 0.05) is 18.3 Å². The number of aromatic nitrogens is 2. The zero-order valence-corrected chi connectivity index (χ0v) is 18.3. The third-order valence-corrected chi connectivity index (χ3v) is 4.93. The van der Waals surface area contributed by atoms with Gasteiger partial charge in [0.25, 0.3) is 5.91 Å². The van der Waals surface area contributed by atoms with Crippen molar-refractivity contribution in [2.45, 2.75) is 26.4 Å². The van der Waals surface area contributed by atoms with Gasteiger partial charge in [-0.2, -0.15) is 5.10 Å². The molecule has 7 nitrogen and oxygen atoms in total. The molecule has 2 atom stereocenters. The van der Waals surface area contributed by atoms with Gasteiger partial charge in [0.05, 0.1) is 18.3 Å². The van der Waals surface area contributed by atoms with Crippen LogP contribution in [-0.4, -0.2) is 47.8 Å². The second-order valence-corrected chi connectivity index (χ2v) is 7.64. The average Bonchev–Trinajstić information content (AvgIpc) is 3.18. The van der Waals surface area contributed by atoms with Crippen LogP contribution in [0.1, 0.15) is 19.4 Å². The molecule has 0 aliphatic rings. The Morgan fingerprint density at radius 3 is 2.35 bits per heavy atom. The van der Waals surface area contributed by atoms with E-state index >= 15 is 0 Å². The summed E-state index contributed by atoms with van der Waals surface area (Å²) < 4.78 is 1.88. The summed E-state index contributed by atoms with van der Waals surface area (Å²) in [5, 5.41) is 10.3. The largest absolute Gasteiger partial charge is 0.355 e. The number of carbonyl (C=O) groups is 2. The third-order valence-electron chi connectivity index (χ3n) is 4.93. The number of amides is 2. The van der Waals surface area contributed by atoms with E-state index in [0.29, 0.717) is 13.1 Å². The number of hydrogen-bond donors (Lipinski definition) is 3. The van der Waals surface area contributed by atoms with Crippen LogP contribution in [0.3, 0.4) is 0 Å². The van der Waals surface area contributed by atoms with Crippen molar-refractivity contribution in [3.05, 3.63) is 72.4 Å². The summed E-state index contributed by atoms with van der Waals surface area (Å²) in [5.74, 6) is -0.336. The number of quaternary nitrogens is 1. The Hall–Kier alpha value is -3.45. The van der Waals surface area contributed by atoms with Crippen LogP contribution < -0.4 is 15.5 Å². The minimum Gasteiger partial charge on any atom is -0.355 e. The van der Waals surface area contributed by atoms with Crippen molar-refractivity contribution in [2.24, 2.45) is 0 Å². The van der Waals surface area contributed by atoms with E-state index in [2.05, 4.69) is 10.6 Å². The maximum atomic E-state index is 12.4. The van der Waals surface area contributed by atoms with Gasteiger partial charge in [-0.25, -0.2) is 4.68 Å². The Kier molecular flexibility index (Phi) is 7.56. The predicted octanol–water partition coefficient (Wildman–Crippen LogP) is 1.19. The molecule has 1 unspecified atom stereocenters. The minimum absolute atomic E-state index is 0.159. The molecule has 3 rings (SSSR count). The average molecular weight is 421 g/mol. The summed E-state index contributed by atoms with van der Waals surface area (Å²) in [5.41, 5.74) is 3.98. The number of rotatable bonds is 9. The summed E-state index contributed by atoms with van der Waals surface area (Å²) in [7, 11) is 1.96. The van der Waals surface area contributed by atoms with Crippen LogP contribution in [0.2, 0.25) is 0 Å². The summed E-state index contributed by atoms with van der Waals surface area (Å²) in [6.07, 6.45) is 2.02. The fourth-order valence-corrected chi connectivity index (χ4v) is 3.44. The van der Waals surface area contributed by atoms with Gasteiger partial charge in [-0.15, -0.1) is 0 Å². The SMILES string of the molecule is CCNC(=O)[C@H](C)NC(=O)C[NH+](C)Cc1cn(-c2ccccc2)nc1-c1ccccc1. The number of benzene rings is 2. The topological polar surface area (TPSA) is 80.5 Å². The molecule has 0 saturated carbocycles. The predicted molar refractivity (Wildman–Crippen MR) is 121 cm³/mol. The van der Waals surface area contributed by atoms with Crippen molar-refractivity contribution in [3.63, 3.8) is 0 Å². The Labute approximate surface area is 183 Å². The molecule has 0 bridgehead atoms. The molecule has 2 aromatic carbocycles. The van der Waals surface area contributed by atoms with Gasteiger partial charge in [0.2, 0.25) is 5.91 Å². The van der Waals surface area contributed by atoms with Gasteiger partial charge in [0.15, 0.2) is 6.54 Å². The first-order valence-electron chi connectivity index (χ1n) is 10.6. The van der Waals surface area contributed by atoms with E-state index in [1.165, 1.54) is 0 Å². The minimum atomic E-state index is -0.555. The number of likely N-dealkylation sites (N-methyl/N-ethyl adjacent to an activating group) is 2. The highest BCUT2D eigenvalue weighted by Crippen LogP contribution is 2.23. The standard InChI is InChI=1S/C24H29N5O2/c1-4-25-24(31)18(2)26-22(30)17-28(3)15-20-16-29(21-13-9-6-10-14-21)27-23(20)19-11-7-5-8-12-19/h5-14,16,18H,4,15,17H2,1-3H3,(H,25,31)(H,26,30)/p+1/t18-/m0/s1. The Morgan fingerprint density at radius 1 is 1.06 bits per heavy atom. The summed E-state index contributed by atoms with van der Waals surface area (Å²) >= 11 is 0. The number of hydrogen-bond acceptors (Lipinski definition) is 3. The molecule has 1 heterocycles. The van der Waals surface area contributed by atoms with Crippen molar-refractivity contribution in [1.82, 2.24) is 20.4 Å². The molecule has 0 fully saturated rings. The molecule has 2 amide bonds. The van der Waals surface area contributed by atoms with Gasteiger partial charge < -0.3 is 15.5 Å². The normalized spacial score (nSPS) is 12.7. The van der Waals surface area contributed by atoms with E-state index < -0.39 is 6.04 Å². The van der Waals surface area contributed by atoms with E-state index in [0.717, 1.165) is 27.4 Å². The van der Waals surface area contributed by atoms with Crippen LogP contribution in [0.15, 0.2) is 66.9 Å². The second-order valence-electron chi connectivity index (χ2n) is 7.64. The maximum Gasteiger partial charge on any atom is 0.275 e. The molecule has 162 valence electrons. The van der Waals surface area contributed by atoms with Crippen LogP contribution in [-0.2, 0) is 16.1 Å². The summed E-state index contributed by atoms with van der Waals surface area (Å²) in [6, 6.07) is 19.5. The van der Waals surface area contributed by atoms with Gasteiger partial charge >= 0.3 is 0 Å². The lowest BCUT2D eigenvalue weighted by Gasteiger charge is -2.16. The molecule has 3 N–H and O–H groups in total. The molecule has 0 radical (unpaired) electrons. The van der Waals surface area contributed by atoms with Gasteiger partial charge in [-0.05, 0) is 26.0 Å². The number of nitrogens with zero attached hydrogens (tertiary/aromatic N) is 2. The molecule has 0 saturated heterocycles. The first-order chi connectivity index (χ1) is 15.0. The molecule has 0 aliphatic carbocycles. The van der Waals surface area contributed by atoms with E-state index in [4.69, 9.17) is 5.10 Å². The molecule has 7 heteroatoms. The van der Waals surface area contributed by atoms with Crippen LogP contribution in [0.5, 0.6) is 0 Å². The molecular formula is C24H30N5O2+. The smallest absolute Gasteiger partial charge is 0.275 e. The zero-order chi connectivity index (χ0) is 22.2. The monoisotopic (exact) mass is 420 g/mol. The Morgan fingerprint density at radius 2 is 1.71 bits per heavy atom. The van der Waals surface area contributed by atoms with Gasteiger partial charge in [0.1, 0.15) is 18.3 Å². The Bertz CT molecular complexity index is 1000. The quantitative estimate of drug-likeness (QED) is 0.487. The van der Waals surface area contributed by atoms with Crippen LogP contribution in [0, 0.1) is 0 Å². The van der Waals surface area contributed by atoms with E-state index in [9.17, 15) is 9.59 Å². The molecule has 1 aromatic heterocycles. The van der Waals surface area contributed by atoms with Gasteiger partial charge in [-0.1, -0.05) is 48.5 Å². The van der Waals surface area contributed by atoms with Crippen LogP contribution in [0.4, 0.5) is 0 Å². The summed E-state index contributed by atoms with van der Waals surface area (Å²) in [6.45, 7) is 4.96. The van der Waals surface area contributed by atoms with Crippen molar-refractivity contribution in [2.75, 3.05) is 20.1 Å². The maximum absolute atomic E-state index is 12.4. The molecule has 0 aliphatic heterocycles. The summed E-state index contributed by atoms with van der Waals surface area (Å²) in [4.78, 5) is 25.3. The Balaban J connectivity index is 1.74. The fourth-order valence-electron chi connectivity index (χ4n) is 3.44. The number of nitrogens with one attached hydrogen (secondary N) is 3. The van der Waals surface area contributed by atoms with Crippen molar-refractivity contribution < 1.29 is 14.5 Å². The first-order valence-corrected chi connectivity index (χ1v) is 10.6. The highest BCUT2D eigenvalue weighted by molar-refractivity contribution is 5.87. The number of para-hydroxylation sites is 1. The van der Waals surface area contributed by atoms with Gasteiger partial charge in [-0.3, -0.25) is 9.59 Å². The molecule has 0 spiro atoms. The lowest BCUT2D eigenvalue weighted by Crippen LogP contribution is -3.09. The van der Waals surface area contributed by atoms with Crippen molar-refractivity contribution in [3.8, 4) is 16.9 Å². The van der Waals surface area contributed by atoms with Crippen LogP contribution >= 0.6 is 0 Å². The van der Waals surface area contributed by atoms with Crippen molar-refractivity contribution in [1.29, 1.82) is 0 Å². The molecule has 31 heavy (non-hydrogen) atoms. The zero-order valence-electron chi connectivity index (χ0n) is 18.3. The van der Waals surface area contributed by atoms with E-state index in [-0.39, 0.29) is 18.4 Å². The molecular weight excluding hydrogens is 390 g/mol. The molecule has 3 aromatic rings. The second kappa shape index (κ2) is 10.5. The first kappa shape index (κ1) is 22.2. The van der Waals surface area contributed by atoms with Crippen LogP contribution in [0.25, 0.3) is 16.9 Å². The van der Waals surface area contributed by atoms with Crippen molar-refractivity contribution >= 4 is 11.8 Å². The third kappa shape index (κ3) is 6.02. The fraction of sp³-hybridized carbons (Fsp3) is 0.292. The number of carbonyl (C=O) groups excluding carboxylic acids is 2. The lowest BCUT2D eigenvalue weighted by molar-refractivity contribution is -0.885. The lowest BCUT2D eigenvalue weighted by atomic mass is 10.1. The van der Waals surface area contributed by atoms with E-state index in [1.54, 1.807) is 6.92 Å². The van der Waals surface area contributed by atoms with E-state index in [1.807, 2.05) is 85.5 Å². The highest BCUT2D eigenvalue weighted by atomic mass is 16.2. The highest BCUT2D eigenvalue weighted by Gasteiger charge is 2.20.